The number of esters is 1. The summed E-state index contributed by atoms with van der Waals surface area (Å²) in [6, 6.07) is 17.1. The van der Waals surface area contributed by atoms with Gasteiger partial charge in [-0.2, -0.15) is 0 Å². The maximum Gasteiger partial charge on any atom is 0.509 e. The van der Waals surface area contributed by atoms with Gasteiger partial charge in [0.25, 0.3) is 0 Å². The van der Waals surface area contributed by atoms with Crippen molar-refractivity contribution in [3.05, 3.63) is 71.8 Å². The third kappa shape index (κ3) is 8.98. The van der Waals surface area contributed by atoms with Gasteiger partial charge < -0.3 is 14.2 Å². The van der Waals surface area contributed by atoms with Gasteiger partial charge in [0.1, 0.15) is 12.2 Å². The number of nitrogens with one attached hydrogen (secondary N) is 1. The molecular formula is C25H33NO6S. The first kappa shape index (κ1) is 26.5. The van der Waals surface area contributed by atoms with Crippen molar-refractivity contribution in [1.29, 1.82) is 0 Å². The molecule has 0 aliphatic carbocycles. The van der Waals surface area contributed by atoms with Crippen LogP contribution in [0.2, 0.25) is 0 Å². The number of ether oxygens (including phenoxy) is 3. The van der Waals surface area contributed by atoms with Crippen LogP contribution in [0.3, 0.4) is 0 Å². The van der Waals surface area contributed by atoms with Gasteiger partial charge >= 0.3 is 12.1 Å². The molecule has 2 rings (SSSR count). The van der Waals surface area contributed by atoms with Crippen LogP contribution < -0.4 is 4.72 Å². The fraction of sp³-hybridized carbons (Fsp3) is 0.440. The maximum absolute atomic E-state index is 13.2. The van der Waals surface area contributed by atoms with Crippen molar-refractivity contribution in [2.45, 2.75) is 70.6 Å². The quantitative estimate of drug-likeness (QED) is 0.549. The Morgan fingerprint density at radius 2 is 1.45 bits per heavy atom. The lowest BCUT2D eigenvalue weighted by molar-refractivity contribution is -0.159. The summed E-state index contributed by atoms with van der Waals surface area (Å²) in [6.45, 7) is 10.5. The van der Waals surface area contributed by atoms with E-state index in [0.29, 0.717) is 5.56 Å². The van der Waals surface area contributed by atoms with Crippen molar-refractivity contribution < 1.29 is 28.0 Å². The topological polar surface area (TPSA) is 90.9 Å². The summed E-state index contributed by atoms with van der Waals surface area (Å²) in [5, 5.41) is 0. The molecular weight excluding hydrogens is 442 g/mol. The number of carbonyl (C=O) groups excluding carboxylic acids is 2. The van der Waals surface area contributed by atoms with E-state index in [0.717, 1.165) is 5.56 Å². The fourth-order valence-electron chi connectivity index (χ4n) is 2.70. The second kappa shape index (κ2) is 11.4. The molecule has 0 saturated carbocycles. The zero-order chi connectivity index (χ0) is 24.6. The van der Waals surface area contributed by atoms with Crippen molar-refractivity contribution in [3.8, 4) is 0 Å². The molecule has 180 valence electrons. The largest absolute Gasteiger partial charge is 0.509 e. The van der Waals surface area contributed by atoms with Crippen molar-refractivity contribution >= 4 is 23.1 Å². The van der Waals surface area contributed by atoms with Crippen LogP contribution in [0.15, 0.2) is 60.7 Å². The zero-order valence-corrected chi connectivity index (χ0v) is 20.8. The SMILES string of the molecule is CC(C)(C)OC(=O)O[C@@H](C(=O)OCc1ccccc1)[C@@H](N[S@](=O)C(C)(C)C)c1ccccc1. The number of carbonyl (C=O) groups is 2. The molecule has 0 radical (unpaired) electrons. The minimum atomic E-state index is -1.57. The van der Waals surface area contributed by atoms with E-state index in [-0.39, 0.29) is 6.61 Å². The van der Waals surface area contributed by atoms with Gasteiger partial charge in [-0.05, 0) is 52.7 Å². The molecule has 2 aromatic rings. The standard InChI is InChI=1S/C25H33NO6S/c1-24(2,3)32-23(28)31-21(22(27)30-17-18-13-9-7-10-14-18)20(19-15-11-8-12-16-19)26-33(29)25(4,5)6/h7-16,20-21,26H,17H2,1-6H3/t20-,21+,33+/m0/s1. The van der Waals surface area contributed by atoms with Gasteiger partial charge in [0, 0.05) is 0 Å². The highest BCUT2D eigenvalue weighted by Gasteiger charge is 2.38. The second-order valence-electron chi connectivity index (χ2n) is 9.48. The van der Waals surface area contributed by atoms with Crippen LogP contribution in [0.25, 0.3) is 0 Å². The lowest BCUT2D eigenvalue weighted by Crippen LogP contribution is -2.46. The van der Waals surface area contributed by atoms with Crippen LogP contribution in [-0.2, 0) is 36.6 Å². The van der Waals surface area contributed by atoms with E-state index < -0.39 is 45.6 Å². The first-order valence-corrected chi connectivity index (χ1v) is 11.8. The Morgan fingerprint density at radius 1 is 0.909 bits per heavy atom. The monoisotopic (exact) mass is 475 g/mol. The first-order chi connectivity index (χ1) is 15.4. The van der Waals surface area contributed by atoms with Crippen molar-refractivity contribution in [2.75, 3.05) is 0 Å². The summed E-state index contributed by atoms with van der Waals surface area (Å²) < 4.78 is 31.5. The van der Waals surface area contributed by atoms with Crippen LogP contribution in [0.5, 0.6) is 0 Å². The minimum Gasteiger partial charge on any atom is -0.458 e. The summed E-state index contributed by atoms with van der Waals surface area (Å²) in [5.74, 6) is -0.781. The molecule has 0 saturated heterocycles. The van der Waals surface area contributed by atoms with E-state index in [9.17, 15) is 13.8 Å². The average Bonchev–Trinajstić information content (AvgIpc) is 2.73. The Labute approximate surface area is 198 Å². The molecule has 0 unspecified atom stereocenters. The molecule has 0 spiro atoms. The van der Waals surface area contributed by atoms with E-state index in [1.54, 1.807) is 65.8 Å². The lowest BCUT2D eigenvalue weighted by Gasteiger charge is -2.30. The van der Waals surface area contributed by atoms with Crippen molar-refractivity contribution in [2.24, 2.45) is 0 Å². The molecule has 1 N–H and O–H groups in total. The Morgan fingerprint density at radius 3 is 1.97 bits per heavy atom. The van der Waals surface area contributed by atoms with E-state index in [4.69, 9.17) is 14.2 Å². The predicted molar refractivity (Wildman–Crippen MR) is 128 cm³/mol. The fourth-order valence-corrected chi connectivity index (χ4v) is 3.54. The molecule has 2 aromatic carbocycles. The van der Waals surface area contributed by atoms with Crippen LogP contribution in [0, 0.1) is 0 Å². The normalized spacial score (nSPS) is 14.6. The van der Waals surface area contributed by atoms with Gasteiger partial charge in [-0.1, -0.05) is 60.7 Å². The van der Waals surface area contributed by atoms with Crippen LogP contribution in [-0.4, -0.2) is 32.8 Å². The van der Waals surface area contributed by atoms with E-state index in [1.165, 1.54) is 0 Å². The second-order valence-corrected chi connectivity index (χ2v) is 11.5. The molecule has 0 fully saturated rings. The number of benzene rings is 2. The molecule has 0 aliphatic rings. The molecule has 33 heavy (non-hydrogen) atoms. The van der Waals surface area contributed by atoms with Gasteiger partial charge in [-0.15, -0.1) is 0 Å². The molecule has 0 bridgehead atoms. The Kier molecular flexibility index (Phi) is 9.19. The maximum atomic E-state index is 13.2. The first-order valence-electron chi connectivity index (χ1n) is 10.7. The average molecular weight is 476 g/mol. The number of rotatable bonds is 8. The summed E-state index contributed by atoms with van der Waals surface area (Å²) in [7, 11) is -1.57. The highest BCUT2D eigenvalue weighted by molar-refractivity contribution is 7.84. The number of hydrogen-bond acceptors (Lipinski definition) is 6. The lowest BCUT2D eigenvalue weighted by atomic mass is 10.0. The Hall–Kier alpha value is -2.71. The summed E-state index contributed by atoms with van der Waals surface area (Å²) in [6.07, 6.45) is -2.45. The molecule has 0 aliphatic heterocycles. The number of hydrogen-bond donors (Lipinski definition) is 1. The Balaban J connectivity index is 2.37. The summed E-state index contributed by atoms with van der Waals surface area (Å²) in [5.41, 5.74) is 0.573. The van der Waals surface area contributed by atoms with E-state index >= 15 is 0 Å². The molecule has 0 aromatic heterocycles. The smallest absolute Gasteiger partial charge is 0.458 e. The highest BCUT2D eigenvalue weighted by Crippen LogP contribution is 2.25. The summed E-state index contributed by atoms with van der Waals surface area (Å²) >= 11 is 0. The molecule has 0 amide bonds. The Bertz CT molecular complexity index is 935. The molecule has 3 atom stereocenters. The molecule has 0 heterocycles. The summed E-state index contributed by atoms with van der Waals surface area (Å²) in [4.78, 5) is 25.7. The van der Waals surface area contributed by atoms with Gasteiger partial charge in [0.05, 0.1) is 21.8 Å². The molecule has 8 heteroatoms. The zero-order valence-electron chi connectivity index (χ0n) is 20.0. The molecule has 7 nitrogen and oxygen atoms in total. The third-order valence-corrected chi connectivity index (χ3v) is 5.90. The predicted octanol–water partition coefficient (Wildman–Crippen LogP) is 4.84. The van der Waals surface area contributed by atoms with Crippen LogP contribution in [0.1, 0.15) is 58.7 Å². The minimum absolute atomic E-state index is 0.00226. The third-order valence-electron chi connectivity index (χ3n) is 4.32. The van der Waals surface area contributed by atoms with Gasteiger partial charge in [0.15, 0.2) is 0 Å². The van der Waals surface area contributed by atoms with Crippen LogP contribution in [0.4, 0.5) is 4.79 Å². The van der Waals surface area contributed by atoms with Crippen molar-refractivity contribution in [1.82, 2.24) is 4.72 Å². The van der Waals surface area contributed by atoms with Gasteiger partial charge in [-0.25, -0.2) is 18.5 Å². The van der Waals surface area contributed by atoms with Gasteiger partial charge in [0.2, 0.25) is 6.10 Å². The van der Waals surface area contributed by atoms with E-state index in [2.05, 4.69) is 4.72 Å². The highest BCUT2D eigenvalue weighted by atomic mass is 32.2. The van der Waals surface area contributed by atoms with Crippen LogP contribution >= 0.6 is 0 Å². The van der Waals surface area contributed by atoms with E-state index in [1.807, 2.05) is 36.4 Å². The van der Waals surface area contributed by atoms with Gasteiger partial charge in [-0.3, -0.25) is 0 Å². The van der Waals surface area contributed by atoms with Crippen molar-refractivity contribution in [3.63, 3.8) is 0 Å².